The van der Waals surface area contributed by atoms with Crippen LogP contribution in [0.4, 0.5) is 18.9 Å². The van der Waals surface area contributed by atoms with Crippen LogP contribution in [0, 0.1) is 17.5 Å². The van der Waals surface area contributed by atoms with Gasteiger partial charge in [-0.2, -0.15) is 0 Å². The zero-order chi connectivity index (χ0) is 18.7. The molecule has 3 aromatic rings. The topological polar surface area (TPSA) is 46.9 Å². The minimum absolute atomic E-state index is 0.395. The Hall–Kier alpha value is -2.74. The molecule has 26 heavy (non-hydrogen) atoms. The van der Waals surface area contributed by atoms with Crippen LogP contribution in [-0.2, 0) is 4.79 Å². The molecular formula is C18H14F3N3OS. The summed E-state index contributed by atoms with van der Waals surface area (Å²) in [5.74, 6) is -2.67. The van der Waals surface area contributed by atoms with E-state index in [9.17, 15) is 18.0 Å². The fourth-order valence-corrected chi connectivity index (χ4v) is 3.14. The first-order chi connectivity index (χ1) is 12.5. The largest absolute Gasteiger partial charge is 0.320 e. The van der Waals surface area contributed by atoms with Gasteiger partial charge in [-0.05, 0) is 37.3 Å². The van der Waals surface area contributed by atoms with Gasteiger partial charge in [-0.15, -0.1) is 0 Å². The van der Waals surface area contributed by atoms with Crippen LogP contribution in [-0.4, -0.2) is 20.7 Å². The first-order valence-corrected chi connectivity index (χ1v) is 8.54. The highest BCUT2D eigenvalue weighted by atomic mass is 32.2. The first kappa shape index (κ1) is 18.1. The van der Waals surface area contributed by atoms with Crippen molar-refractivity contribution in [1.82, 2.24) is 9.55 Å². The zero-order valence-corrected chi connectivity index (χ0v) is 14.4. The van der Waals surface area contributed by atoms with Gasteiger partial charge in [0.05, 0.1) is 10.9 Å². The Morgan fingerprint density at radius 2 is 1.85 bits per heavy atom. The third kappa shape index (κ3) is 3.91. The van der Waals surface area contributed by atoms with Crippen LogP contribution in [0.5, 0.6) is 0 Å². The number of hydrogen-bond acceptors (Lipinski definition) is 3. The number of benzene rings is 2. The SMILES string of the molecule is CC(Sc1nccn1-c1cccc(F)c1)C(=O)Nc1c(F)cccc1F. The van der Waals surface area contributed by atoms with E-state index in [1.807, 2.05) is 0 Å². The molecule has 134 valence electrons. The summed E-state index contributed by atoms with van der Waals surface area (Å²) < 4.78 is 42.4. The lowest BCUT2D eigenvalue weighted by Gasteiger charge is -2.14. The van der Waals surface area contributed by atoms with Crippen LogP contribution in [0.2, 0.25) is 0 Å². The second-order valence-electron chi connectivity index (χ2n) is 5.41. The number of amides is 1. The molecule has 2 aromatic carbocycles. The summed E-state index contributed by atoms with van der Waals surface area (Å²) in [5.41, 5.74) is 0.0659. The molecule has 4 nitrogen and oxygen atoms in total. The third-order valence-electron chi connectivity index (χ3n) is 3.56. The van der Waals surface area contributed by atoms with Crippen molar-refractivity contribution in [1.29, 1.82) is 0 Å². The Balaban J connectivity index is 1.76. The number of anilines is 1. The molecule has 1 amide bonds. The molecule has 1 heterocycles. The van der Waals surface area contributed by atoms with Crippen molar-refractivity contribution < 1.29 is 18.0 Å². The van der Waals surface area contributed by atoms with Gasteiger partial charge in [0.25, 0.3) is 0 Å². The average molecular weight is 377 g/mol. The van der Waals surface area contributed by atoms with Crippen LogP contribution >= 0.6 is 11.8 Å². The fourth-order valence-electron chi connectivity index (χ4n) is 2.25. The van der Waals surface area contributed by atoms with E-state index < -0.39 is 34.3 Å². The second-order valence-corrected chi connectivity index (χ2v) is 6.71. The van der Waals surface area contributed by atoms with Crippen LogP contribution in [0.15, 0.2) is 60.0 Å². The molecular weight excluding hydrogens is 363 g/mol. The lowest BCUT2D eigenvalue weighted by Crippen LogP contribution is -2.24. The van der Waals surface area contributed by atoms with Crippen LogP contribution in [0.3, 0.4) is 0 Å². The van der Waals surface area contributed by atoms with E-state index in [4.69, 9.17) is 0 Å². The lowest BCUT2D eigenvalue weighted by atomic mass is 10.3. The molecule has 0 saturated heterocycles. The van der Waals surface area contributed by atoms with Crippen LogP contribution < -0.4 is 5.32 Å². The summed E-state index contributed by atoms with van der Waals surface area (Å²) >= 11 is 1.09. The van der Waals surface area contributed by atoms with Crippen molar-refractivity contribution in [3.8, 4) is 5.69 Å². The summed E-state index contributed by atoms with van der Waals surface area (Å²) in [6.07, 6.45) is 3.16. The Labute approximate surface area is 152 Å². The number of nitrogens with zero attached hydrogens (tertiary/aromatic N) is 2. The molecule has 0 bridgehead atoms. The molecule has 1 aromatic heterocycles. The number of hydrogen-bond donors (Lipinski definition) is 1. The van der Waals surface area contributed by atoms with E-state index >= 15 is 0 Å². The van der Waals surface area contributed by atoms with Gasteiger partial charge < -0.3 is 5.32 Å². The van der Waals surface area contributed by atoms with Crippen molar-refractivity contribution in [3.63, 3.8) is 0 Å². The van der Waals surface area contributed by atoms with E-state index in [2.05, 4.69) is 10.3 Å². The number of carbonyl (C=O) groups excluding carboxylic acids is 1. The van der Waals surface area contributed by atoms with Crippen molar-refractivity contribution in [3.05, 3.63) is 72.3 Å². The predicted octanol–water partition coefficient (Wildman–Crippen LogP) is 4.41. The number of halogens is 3. The molecule has 1 N–H and O–H groups in total. The Morgan fingerprint density at radius 1 is 1.15 bits per heavy atom. The molecule has 1 unspecified atom stereocenters. The summed E-state index contributed by atoms with van der Waals surface area (Å²) in [5, 5.41) is 2.01. The normalized spacial score (nSPS) is 12.0. The number of para-hydroxylation sites is 1. The number of thioether (sulfide) groups is 1. The molecule has 0 radical (unpaired) electrons. The summed E-state index contributed by atoms with van der Waals surface area (Å²) in [7, 11) is 0. The maximum Gasteiger partial charge on any atom is 0.237 e. The molecule has 8 heteroatoms. The van der Waals surface area contributed by atoms with Crippen LogP contribution in [0.1, 0.15) is 6.92 Å². The Bertz CT molecular complexity index is 925. The second kappa shape index (κ2) is 7.65. The maximum absolute atomic E-state index is 13.7. The van der Waals surface area contributed by atoms with Gasteiger partial charge in [-0.25, -0.2) is 18.2 Å². The molecule has 1 atom stereocenters. The van der Waals surface area contributed by atoms with Gasteiger partial charge in [0.1, 0.15) is 23.1 Å². The lowest BCUT2D eigenvalue weighted by molar-refractivity contribution is -0.115. The molecule has 0 spiro atoms. The fraction of sp³-hybridized carbons (Fsp3) is 0.111. The standard InChI is InChI=1S/C18H14F3N3OS/c1-11(17(25)23-16-14(20)6-3-7-15(16)21)26-18-22-8-9-24(18)13-5-2-4-12(19)10-13/h2-11H,1H3,(H,23,25). The minimum atomic E-state index is -0.850. The number of nitrogens with one attached hydrogen (secondary N) is 1. The summed E-state index contributed by atoms with van der Waals surface area (Å²) in [4.78, 5) is 16.4. The molecule has 0 saturated carbocycles. The van der Waals surface area contributed by atoms with Gasteiger partial charge in [0, 0.05) is 12.4 Å². The smallest absolute Gasteiger partial charge is 0.237 e. The highest BCUT2D eigenvalue weighted by Gasteiger charge is 2.20. The zero-order valence-electron chi connectivity index (χ0n) is 13.6. The summed E-state index contributed by atoms with van der Waals surface area (Å²) in [6.45, 7) is 1.59. The van der Waals surface area contributed by atoms with E-state index in [1.54, 1.807) is 29.8 Å². The van der Waals surface area contributed by atoms with Gasteiger partial charge in [-0.1, -0.05) is 23.9 Å². The first-order valence-electron chi connectivity index (χ1n) is 7.66. The van der Waals surface area contributed by atoms with Gasteiger partial charge >= 0.3 is 0 Å². The monoisotopic (exact) mass is 377 g/mol. The van der Waals surface area contributed by atoms with Gasteiger partial charge in [0.15, 0.2) is 5.16 Å². The highest BCUT2D eigenvalue weighted by molar-refractivity contribution is 8.00. The quantitative estimate of drug-likeness (QED) is 0.670. The third-order valence-corrected chi connectivity index (χ3v) is 4.64. The van der Waals surface area contributed by atoms with Crippen molar-refractivity contribution in [2.75, 3.05) is 5.32 Å². The van der Waals surface area contributed by atoms with Crippen molar-refractivity contribution in [2.45, 2.75) is 17.3 Å². The predicted molar refractivity (Wildman–Crippen MR) is 93.8 cm³/mol. The Kier molecular flexibility index (Phi) is 5.32. The average Bonchev–Trinajstić information content (AvgIpc) is 3.06. The number of carbonyl (C=O) groups is 1. The van der Waals surface area contributed by atoms with E-state index in [0.717, 1.165) is 23.9 Å². The van der Waals surface area contributed by atoms with Gasteiger partial charge in [-0.3, -0.25) is 9.36 Å². The molecule has 3 rings (SSSR count). The minimum Gasteiger partial charge on any atom is -0.320 e. The maximum atomic E-state index is 13.7. The molecule has 0 aliphatic rings. The van der Waals surface area contributed by atoms with E-state index in [0.29, 0.717) is 10.8 Å². The molecule has 0 aliphatic heterocycles. The molecule has 0 aliphatic carbocycles. The van der Waals surface area contributed by atoms with E-state index in [-0.39, 0.29) is 0 Å². The van der Waals surface area contributed by atoms with Gasteiger partial charge in [0.2, 0.25) is 5.91 Å². The van der Waals surface area contributed by atoms with Crippen molar-refractivity contribution in [2.24, 2.45) is 0 Å². The summed E-state index contributed by atoms with van der Waals surface area (Å²) in [6, 6.07) is 9.27. The number of rotatable bonds is 5. The number of imidazole rings is 1. The van der Waals surface area contributed by atoms with Crippen molar-refractivity contribution >= 4 is 23.4 Å². The highest BCUT2D eigenvalue weighted by Crippen LogP contribution is 2.26. The Morgan fingerprint density at radius 3 is 2.54 bits per heavy atom. The van der Waals surface area contributed by atoms with E-state index in [1.165, 1.54) is 24.4 Å². The molecule has 0 fully saturated rings. The number of aromatic nitrogens is 2. The van der Waals surface area contributed by atoms with Crippen LogP contribution in [0.25, 0.3) is 5.69 Å².